The number of carbonyl (C=O) groups excluding carboxylic acids is 2. The Morgan fingerprint density at radius 1 is 1.12 bits per heavy atom. The molecule has 0 spiro atoms. The Labute approximate surface area is 149 Å². The molecule has 25 heavy (non-hydrogen) atoms. The molecule has 0 aliphatic heterocycles. The quantitative estimate of drug-likeness (QED) is 0.668. The molecular weight excluding hydrogens is 336 g/mol. The molecule has 126 valence electrons. The molecule has 0 fully saturated rings. The SMILES string of the molecule is NC(=O)CSc1ccccc1C(=O)Nc1ccc(-n2ccnc2)cc1. The number of carbonyl (C=O) groups is 2. The minimum atomic E-state index is -0.421. The lowest BCUT2D eigenvalue weighted by Crippen LogP contribution is -2.15. The van der Waals surface area contributed by atoms with Gasteiger partial charge in [0, 0.05) is 28.7 Å². The molecule has 0 aliphatic rings. The van der Waals surface area contributed by atoms with E-state index in [4.69, 9.17) is 5.73 Å². The standard InChI is InChI=1S/C18H16N4O2S/c19-17(23)11-25-16-4-2-1-3-15(16)18(24)21-13-5-7-14(8-6-13)22-10-9-20-12-22/h1-10,12H,11H2,(H2,19,23)(H,21,24). The lowest BCUT2D eigenvalue weighted by molar-refractivity contribution is -0.115. The van der Waals surface area contributed by atoms with Crippen LogP contribution in [0.3, 0.4) is 0 Å². The van der Waals surface area contributed by atoms with Crippen molar-refractivity contribution in [1.29, 1.82) is 0 Å². The van der Waals surface area contributed by atoms with Gasteiger partial charge in [0.2, 0.25) is 5.91 Å². The summed E-state index contributed by atoms with van der Waals surface area (Å²) in [6, 6.07) is 14.6. The molecule has 0 saturated heterocycles. The van der Waals surface area contributed by atoms with Gasteiger partial charge in [0.25, 0.3) is 5.91 Å². The number of amides is 2. The van der Waals surface area contributed by atoms with E-state index < -0.39 is 5.91 Å². The Kier molecular flexibility index (Phi) is 5.15. The Bertz CT molecular complexity index is 876. The molecule has 0 radical (unpaired) electrons. The van der Waals surface area contributed by atoms with Crippen LogP contribution in [0.1, 0.15) is 10.4 Å². The third-order valence-corrected chi connectivity index (χ3v) is 4.53. The van der Waals surface area contributed by atoms with Gasteiger partial charge in [-0.3, -0.25) is 9.59 Å². The van der Waals surface area contributed by atoms with E-state index in [1.54, 1.807) is 30.7 Å². The van der Waals surface area contributed by atoms with Crippen LogP contribution in [-0.4, -0.2) is 27.1 Å². The van der Waals surface area contributed by atoms with Crippen LogP contribution in [0.4, 0.5) is 5.69 Å². The molecule has 1 heterocycles. The predicted molar refractivity (Wildman–Crippen MR) is 97.9 cm³/mol. The number of imidazole rings is 1. The highest BCUT2D eigenvalue weighted by atomic mass is 32.2. The zero-order valence-electron chi connectivity index (χ0n) is 13.3. The molecule has 2 amide bonds. The van der Waals surface area contributed by atoms with Gasteiger partial charge in [-0.2, -0.15) is 0 Å². The maximum Gasteiger partial charge on any atom is 0.256 e. The van der Waals surface area contributed by atoms with Gasteiger partial charge < -0.3 is 15.6 Å². The van der Waals surface area contributed by atoms with Gasteiger partial charge >= 0.3 is 0 Å². The van der Waals surface area contributed by atoms with E-state index in [2.05, 4.69) is 10.3 Å². The van der Waals surface area contributed by atoms with E-state index >= 15 is 0 Å². The van der Waals surface area contributed by atoms with Crippen molar-refractivity contribution in [3.8, 4) is 5.69 Å². The Balaban J connectivity index is 1.73. The predicted octanol–water partition coefficient (Wildman–Crippen LogP) is 2.70. The normalized spacial score (nSPS) is 10.4. The van der Waals surface area contributed by atoms with Crippen LogP contribution in [0, 0.1) is 0 Å². The van der Waals surface area contributed by atoms with Crippen LogP contribution in [0.5, 0.6) is 0 Å². The number of hydrogen-bond donors (Lipinski definition) is 2. The number of hydrogen-bond acceptors (Lipinski definition) is 4. The number of rotatable bonds is 6. The maximum atomic E-state index is 12.5. The minimum Gasteiger partial charge on any atom is -0.369 e. The molecule has 1 aromatic heterocycles. The fourth-order valence-corrected chi connectivity index (χ4v) is 3.04. The minimum absolute atomic E-state index is 0.129. The Morgan fingerprint density at radius 2 is 1.88 bits per heavy atom. The number of benzene rings is 2. The van der Waals surface area contributed by atoms with E-state index in [1.807, 2.05) is 41.1 Å². The van der Waals surface area contributed by atoms with Crippen molar-refractivity contribution in [2.75, 3.05) is 11.1 Å². The molecule has 3 rings (SSSR count). The van der Waals surface area contributed by atoms with Crippen LogP contribution >= 0.6 is 11.8 Å². The van der Waals surface area contributed by atoms with Crippen LogP contribution in [-0.2, 0) is 4.79 Å². The van der Waals surface area contributed by atoms with Crippen molar-refractivity contribution in [1.82, 2.24) is 9.55 Å². The first kappa shape index (κ1) is 16.8. The molecule has 0 saturated carbocycles. The average Bonchev–Trinajstić information content (AvgIpc) is 3.15. The van der Waals surface area contributed by atoms with Crippen molar-refractivity contribution >= 4 is 29.3 Å². The number of thioether (sulfide) groups is 1. The van der Waals surface area contributed by atoms with Gasteiger partial charge in [0.15, 0.2) is 0 Å². The first-order valence-corrected chi connectivity index (χ1v) is 8.52. The summed E-state index contributed by atoms with van der Waals surface area (Å²) in [5.74, 6) is -0.526. The first-order chi connectivity index (χ1) is 12.1. The van der Waals surface area contributed by atoms with Crippen molar-refractivity contribution in [3.63, 3.8) is 0 Å². The van der Waals surface area contributed by atoms with Crippen LogP contribution in [0.25, 0.3) is 5.69 Å². The number of nitrogens with two attached hydrogens (primary N) is 1. The number of nitrogens with one attached hydrogen (secondary N) is 1. The molecule has 0 atom stereocenters. The number of anilines is 1. The van der Waals surface area contributed by atoms with E-state index in [0.29, 0.717) is 16.1 Å². The number of nitrogens with zero attached hydrogens (tertiary/aromatic N) is 2. The Morgan fingerprint density at radius 3 is 2.56 bits per heavy atom. The monoisotopic (exact) mass is 352 g/mol. The zero-order chi connectivity index (χ0) is 17.6. The summed E-state index contributed by atoms with van der Waals surface area (Å²) in [6.07, 6.45) is 5.26. The van der Waals surface area contributed by atoms with Gasteiger partial charge in [-0.05, 0) is 36.4 Å². The van der Waals surface area contributed by atoms with Crippen molar-refractivity contribution in [2.24, 2.45) is 5.73 Å². The molecule has 0 bridgehead atoms. The Hall–Kier alpha value is -3.06. The highest BCUT2D eigenvalue weighted by Gasteiger charge is 2.12. The largest absolute Gasteiger partial charge is 0.369 e. The molecule has 6 nitrogen and oxygen atoms in total. The smallest absolute Gasteiger partial charge is 0.256 e. The molecular formula is C18H16N4O2S. The van der Waals surface area contributed by atoms with Crippen LogP contribution in [0.2, 0.25) is 0 Å². The molecule has 0 aliphatic carbocycles. The summed E-state index contributed by atoms with van der Waals surface area (Å²) in [4.78, 5) is 28.2. The van der Waals surface area contributed by atoms with E-state index in [-0.39, 0.29) is 11.7 Å². The van der Waals surface area contributed by atoms with Gasteiger partial charge in [0.05, 0.1) is 17.6 Å². The van der Waals surface area contributed by atoms with Gasteiger partial charge in [-0.25, -0.2) is 4.98 Å². The van der Waals surface area contributed by atoms with Gasteiger partial charge in [-0.1, -0.05) is 12.1 Å². The lowest BCUT2D eigenvalue weighted by Gasteiger charge is -2.10. The van der Waals surface area contributed by atoms with E-state index in [9.17, 15) is 9.59 Å². The van der Waals surface area contributed by atoms with E-state index in [1.165, 1.54) is 11.8 Å². The molecule has 3 N–H and O–H groups in total. The summed E-state index contributed by atoms with van der Waals surface area (Å²) in [5, 5.41) is 2.87. The lowest BCUT2D eigenvalue weighted by atomic mass is 10.2. The topological polar surface area (TPSA) is 90.0 Å². The second kappa shape index (κ2) is 7.67. The molecule has 3 aromatic rings. The van der Waals surface area contributed by atoms with Crippen molar-refractivity contribution in [3.05, 3.63) is 72.8 Å². The van der Waals surface area contributed by atoms with E-state index in [0.717, 1.165) is 5.69 Å². The maximum absolute atomic E-state index is 12.5. The summed E-state index contributed by atoms with van der Waals surface area (Å²) in [6.45, 7) is 0. The van der Waals surface area contributed by atoms with Crippen LogP contribution < -0.4 is 11.1 Å². The highest BCUT2D eigenvalue weighted by Crippen LogP contribution is 2.23. The second-order valence-electron chi connectivity index (χ2n) is 5.22. The van der Waals surface area contributed by atoms with Gasteiger partial charge in [0.1, 0.15) is 0 Å². The zero-order valence-corrected chi connectivity index (χ0v) is 14.1. The third kappa shape index (κ3) is 4.27. The number of primary amides is 1. The summed E-state index contributed by atoms with van der Waals surface area (Å²) < 4.78 is 1.88. The number of aromatic nitrogens is 2. The summed E-state index contributed by atoms with van der Waals surface area (Å²) >= 11 is 1.25. The average molecular weight is 352 g/mol. The molecule has 0 unspecified atom stereocenters. The molecule has 2 aromatic carbocycles. The van der Waals surface area contributed by atoms with Crippen molar-refractivity contribution < 1.29 is 9.59 Å². The second-order valence-corrected chi connectivity index (χ2v) is 6.24. The van der Waals surface area contributed by atoms with Crippen LogP contribution in [0.15, 0.2) is 72.1 Å². The fourth-order valence-electron chi connectivity index (χ4n) is 2.26. The fraction of sp³-hybridized carbons (Fsp3) is 0.0556. The van der Waals surface area contributed by atoms with Gasteiger partial charge in [-0.15, -0.1) is 11.8 Å². The summed E-state index contributed by atoms with van der Waals surface area (Å²) in [7, 11) is 0. The third-order valence-electron chi connectivity index (χ3n) is 3.43. The first-order valence-electron chi connectivity index (χ1n) is 7.53. The highest BCUT2D eigenvalue weighted by molar-refractivity contribution is 8.00. The van der Waals surface area contributed by atoms with Crippen molar-refractivity contribution in [2.45, 2.75) is 4.90 Å². The molecule has 7 heteroatoms. The summed E-state index contributed by atoms with van der Waals surface area (Å²) in [5.41, 5.74) is 7.32.